The van der Waals surface area contributed by atoms with Gasteiger partial charge in [0.25, 0.3) is 0 Å². The lowest BCUT2D eigenvalue weighted by Crippen LogP contribution is -2.07. The van der Waals surface area contributed by atoms with Crippen molar-refractivity contribution in [1.29, 1.82) is 0 Å². The summed E-state index contributed by atoms with van der Waals surface area (Å²) in [5.74, 6) is 1.23. The van der Waals surface area contributed by atoms with Gasteiger partial charge in [0.1, 0.15) is 5.82 Å². The third-order valence-electron chi connectivity index (χ3n) is 2.92. The summed E-state index contributed by atoms with van der Waals surface area (Å²) >= 11 is 0. The zero-order valence-electron chi connectivity index (χ0n) is 9.47. The Kier molecular flexibility index (Phi) is 3.68. The van der Waals surface area contributed by atoms with Gasteiger partial charge < -0.3 is 0 Å². The molecule has 0 aliphatic carbocycles. The van der Waals surface area contributed by atoms with Gasteiger partial charge in [-0.2, -0.15) is 0 Å². The molecule has 0 aliphatic rings. The molecule has 1 heteroatoms. The van der Waals surface area contributed by atoms with E-state index in [0.29, 0.717) is 11.8 Å². The summed E-state index contributed by atoms with van der Waals surface area (Å²) in [5, 5.41) is 0. The van der Waals surface area contributed by atoms with E-state index in [-0.39, 0.29) is 5.82 Å². The SMILES string of the molecule is Cc1cc(C[C@H](C)C(C)C)ccc1F. The van der Waals surface area contributed by atoms with Gasteiger partial charge in [0.2, 0.25) is 0 Å². The summed E-state index contributed by atoms with van der Waals surface area (Å²) < 4.78 is 13.0. The summed E-state index contributed by atoms with van der Waals surface area (Å²) in [6, 6.07) is 5.41. The predicted octanol–water partition coefficient (Wildman–Crippen LogP) is 3.97. The number of hydrogen-bond acceptors (Lipinski definition) is 0. The summed E-state index contributed by atoms with van der Waals surface area (Å²) in [7, 11) is 0. The Hall–Kier alpha value is -0.850. The van der Waals surface area contributed by atoms with Gasteiger partial charge in [-0.15, -0.1) is 0 Å². The third kappa shape index (κ3) is 2.83. The summed E-state index contributed by atoms with van der Waals surface area (Å²) in [6.07, 6.45) is 1.04. The molecule has 0 amide bonds. The maximum absolute atomic E-state index is 13.0. The molecule has 0 bridgehead atoms. The van der Waals surface area contributed by atoms with E-state index in [1.807, 2.05) is 19.1 Å². The quantitative estimate of drug-likeness (QED) is 0.683. The molecular formula is C13H19F. The molecule has 0 heterocycles. The lowest BCUT2D eigenvalue weighted by atomic mass is 9.90. The molecule has 0 fully saturated rings. The Morgan fingerprint density at radius 1 is 1.21 bits per heavy atom. The van der Waals surface area contributed by atoms with Crippen LogP contribution in [0, 0.1) is 24.6 Å². The fraction of sp³-hybridized carbons (Fsp3) is 0.538. The molecule has 0 aliphatic heterocycles. The molecule has 0 saturated carbocycles. The largest absolute Gasteiger partial charge is 0.207 e. The fourth-order valence-corrected chi connectivity index (χ4v) is 1.44. The Morgan fingerprint density at radius 2 is 1.86 bits per heavy atom. The van der Waals surface area contributed by atoms with E-state index in [4.69, 9.17) is 0 Å². The minimum Gasteiger partial charge on any atom is -0.207 e. The lowest BCUT2D eigenvalue weighted by molar-refractivity contribution is 0.417. The van der Waals surface area contributed by atoms with E-state index in [1.165, 1.54) is 5.56 Å². The van der Waals surface area contributed by atoms with Gasteiger partial charge in [-0.3, -0.25) is 0 Å². The minimum absolute atomic E-state index is 0.106. The molecule has 1 aromatic rings. The van der Waals surface area contributed by atoms with Crippen LogP contribution < -0.4 is 0 Å². The van der Waals surface area contributed by atoms with Crippen molar-refractivity contribution >= 4 is 0 Å². The minimum atomic E-state index is -0.106. The van der Waals surface area contributed by atoms with Crippen LogP contribution >= 0.6 is 0 Å². The van der Waals surface area contributed by atoms with Gasteiger partial charge in [0, 0.05) is 0 Å². The zero-order chi connectivity index (χ0) is 10.7. The second kappa shape index (κ2) is 4.59. The zero-order valence-corrected chi connectivity index (χ0v) is 9.47. The highest BCUT2D eigenvalue weighted by atomic mass is 19.1. The van der Waals surface area contributed by atoms with Crippen LogP contribution in [0.25, 0.3) is 0 Å². The highest BCUT2D eigenvalue weighted by Crippen LogP contribution is 2.18. The standard InChI is InChI=1S/C13H19F/c1-9(2)10(3)7-12-5-6-13(14)11(4)8-12/h5-6,8-10H,7H2,1-4H3/t10-/m0/s1. The first-order valence-electron chi connectivity index (χ1n) is 5.25. The van der Waals surface area contributed by atoms with Crippen molar-refractivity contribution in [2.45, 2.75) is 34.1 Å². The second-order valence-corrected chi connectivity index (χ2v) is 4.51. The first-order valence-corrected chi connectivity index (χ1v) is 5.25. The van der Waals surface area contributed by atoms with E-state index in [2.05, 4.69) is 20.8 Å². The Labute approximate surface area is 86.2 Å². The van der Waals surface area contributed by atoms with Crippen LogP contribution in [0.1, 0.15) is 31.9 Å². The molecule has 0 nitrogen and oxygen atoms in total. The number of benzene rings is 1. The third-order valence-corrected chi connectivity index (χ3v) is 2.92. The summed E-state index contributed by atoms with van der Waals surface area (Å²) in [5.41, 5.74) is 1.99. The van der Waals surface area contributed by atoms with Gasteiger partial charge in [-0.1, -0.05) is 32.9 Å². The van der Waals surface area contributed by atoms with Crippen LogP contribution in [-0.4, -0.2) is 0 Å². The Morgan fingerprint density at radius 3 is 2.36 bits per heavy atom. The van der Waals surface area contributed by atoms with Crippen molar-refractivity contribution < 1.29 is 4.39 Å². The number of halogens is 1. The summed E-state index contributed by atoms with van der Waals surface area (Å²) in [6.45, 7) is 8.50. The van der Waals surface area contributed by atoms with Crippen molar-refractivity contribution in [1.82, 2.24) is 0 Å². The average molecular weight is 194 g/mol. The van der Waals surface area contributed by atoms with Crippen LogP contribution in [-0.2, 0) is 6.42 Å². The molecule has 14 heavy (non-hydrogen) atoms. The molecule has 1 atom stereocenters. The van der Waals surface area contributed by atoms with Crippen LogP contribution in [0.3, 0.4) is 0 Å². The van der Waals surface area contributed by atoms with E-state index < -0.39 is 0 Å². The van der Waals surface area contributed by atoms with Crippen molar-refractivity contribution in [2.75, 3.05) is 0 Å². The van der Waals surface area contributed by atoms with Gasteiger partial charge >= 0.3 is 0 Å². The highest BCUT2D eigenvalue weighted by molar-refractivity contribution is 5.24. The molecule has 0 radical (unpaired) electrons. The smallest absolute Gasteiger partial charge is 0.126 e. The number of aryl methyl sites for hydroxylation is 1. The lowest BCUT2D eigenvalue weighted by Gasteiger charge is -2.15. The topological polar surface area (TPSA) is 0 Å². The first-order chi connectivity index (χ1) is 6.50. The molecule has 0 N–H and O–H groups in total. The summed E-state index contributed by atoms with van der Waals surface area (Å²) in [4.78, 5) is 0. The van der Waals surface area contributed by atoms with Crippen molar-refractivity contribution in [3.8, 4) is 0 Å². The fourth-order valence-electron chi connectivity index (χ4n) is 1.44. The molecule has 0 saturated heterocycles. The molecule has 0 spiro atoms. The Balaban J connectivity index is 2.73. The predicted molar refractivity (Wildman–Crippen MR) is 58.8 cm³/mol. The second-order valence-electron chi connectivity index (χ2n) is 4.51. The number of rotatable bonds is 3. The van der Waals surface area contributed by atoms with Crippen LogP contribution in [0.4, 0.5) is 4.39 Å². The van der Waals surface area contributed by atoms with Crippen LogP contribution in [0.5, 0.6) is 0 Å². The van der Waals surface area contributed by atoms with E-state index in [0.717, 1.165) is 12.0 Å². The van der Waals surface area contributed by atoms with Crippen molar-refractivity contribution in [2.24, 2.45) is 11.8 Å². The molecule has 1 aromatic carbocycles. The maximum atomic E-state index is 13.0. The molecule has 1 rings (SSSR count). The van der Waals surface area contributed by atoms with Crippen LogP contribution in [0.15, 0.2) is 18.2 Å². The molecule has 78 valence electrons. The Bertz CT molecular complexity index is 302. The van der Waals surface area contributed by atoms with Gasteiger partial charge in [-0.25, -0.2) is 4.39 Å². The van der Waals surface area contributed by atoms with Crippen molar-refractivity contribution in [3.05, 3.63) is 35.1 Å². The van der Waals surface area contributed by atoms with Gasteiger partial charge in [-0.05, 0) is 42.4 Å². The highest BCUT2D eigenvalue weighted by Gasteiger charge is 2.08. The molecule has 0 aromatic heterocycles. The monoisotopic (exact) mass is 194 g/mol. The normalized spacial score (nSPS) is 13.3. The van der Waals surface area contributed by atoms with E-state index in [9.17, 15) is 4.39 Å². The molecular weight excluding hydrogens is 175 g/mol. The average Bonchev–Trinajstić information content (AvgIpc) is 2.11. The van der Waals surface area contributed by atoms with Gasteiger partial charge in [0.15, 0.2) is 0 Å². The van der Waals surface area contributed by atoms with E-state index in [1.54, 1.807) is 6.07 Å². The van der Waals surface area contributed by atoms with E-state index >= 15 is 0 Å². The van der Waals surface area contributed by atoms with Crippen LogP contribution in [0.2, 0.25) is 0 Å². The molecule has 0 unspecified atom stereocenters. The van der Waals surface area contributed by atoms with Crippen molar-refractivity contribution in [3.63, 3.8) is 0 Å². The number of hydrogen-bond donors (Lipinski definition) is 0. The first kappa shape index (κ1) is 11.2. The maximum Gasteiger partial charge on any atom is 0.126 e. The van der Waals surface area contributed by atoms with Gasteiger partial charge in [0.05, 0.1) is 0 Å².